The molecule has 0 aromatic carbocycles. The molecule has 0 bridgehead atoms. The molecule has 0 aromatic heterocycles. The van der Waals surface area contributed by atoms with E-state index in [1.807, 2.05) is 0 Å². The molecular weight excluding hydrogens is 466 g/mol. The van der Waals surface area contributed by atoms with Crippen molar-refractivity contribution in [1.29, 1.82) is 0 Å². The molecule has 10 atom stereocenters. The van der Waals surface area contributed by atoms with Gasteiger partial charge in [-0.1, -0.05) is 0 Å². The first-order valence-electron chi connectivity index (χ1n) is 10.7. The number of hydrogen-bond donors (Lipinski definition) is 7. The van der Waals surface area contributed by atoms with Crippen molar-refractivity contribution < 1.29 is 68.6 Å². The van der Waals surface area contributed by atoms with E-state index in [0.29, 0.717) is 0 Å². The molecule has 0 spiro atoms. The van der Waals surface area contributed by atoms with Crippen molar-refractivity contribution in [3.8, 4) is 0 Å². The fraction of sp³-hybridized carbons (Fsp3) is 0.895. The Labute approximate surface area is 195 Å². The van der Waals surface area contributed by atoms with Crippen molar-refractivity contribution in [3.63, 3.8) is 0 Å². The van der Waals surface area contributed by atoms with Crippen LogP contribution < -0.4 is 5.32 Å². The molecule has 0 radical (unpaired) electrons. The normalized spacial score (nSPS) is 38.3. The number of ether oxygens (including phenoxy) is 6. The summed E-state index contributed by atoms with van der Waals surface area (Å²) in [6, 6.07) is 0. The maximum Gasteiger partial charge on any atom is 0.293 e. The first-order chi connectivity index (χ1) is 16.2. The maximum atomic E-state index is 10.9. The minimum atomic E-state index is -1.70. The van der Waals surface area contributed by atoms with Gasteiger partial charge in [-0.3, -0.25) is 9.59 Å². The quantitative estimate of drug-likeness (QED) is 0.0931. The zero-order valence-electron chi connectivity index (χ0n) is 18.5. The second-order valence-electron chi connectivity index (χ2n) is 7.68. The van der Waals surface area contributed by atoms with Crippen LogP contribution in [0.2, 0.25) is 0 Å². The summed E-state index contributed by atoms with van der Waals surface area (Å²) in [5.41, 5.74) is 0. The van der Waals surface area contributed by atoms with Gasteiger partial charge in [0.25, 0.3) is 6.47 Å². The average Bonchev–Trinajstić information content (AvgIpc) is 2.81. The summed E-state index contributed by atoms with van der Waals surface area (Å²) < 4.78 is 32.1. The van der Waals surface area contributed by atoms with E-state index in [0.717, 1.165) is 0 Å². The maximum absolute atomic E-state index is 10.9. The molecule has 7 N–H and O–H groups in total. The number of aliphatic hydroxyl groups is 6. The van der Waals surface area contributed by atoms with Gasteiger partial charge in [0.15, 0.2) is 18.7 Å². The number of carbonyl (C=O) groups is 2. The monoisotopic (exact) mass is 499 g/mol. The molecule has 2 aliphatic rings. The largest absolute Gasteiger partial charge is 0.456 e. The Morgan fingerprint density at radius 3 is 2.03 bits per heavy atom. The minimum absolute atomic E-state index is 0.00365. The fourth-order valence-electron chi connectivity index (χ4n) is 3.49. The molecule has 15 nitrogen and oxygen atoms in total. The van der Waals surface area contributed by atoms with E-state index in [1.165, 1.54) is 6.92 Å². The lowest BCUT2D eigenvalue weighted by Crippen LogP contribution is -2.65. The Hall–Kier alpha value is -1.50. The molecule has 34 heavy (non-hydrogen) atoms. The summed E-state index contributed by atoms with van der Waals surface area (Å²) in [6.07, 6.45) is -15.1. The third-order valence-electron chi connectivity index (χ3n) is 5.28. The predicted octanol–water partition coefficient (Wildman–Crippen LogP) is -5.04. The molecule has 198 valence electrons. The smallest absolute Gasteiger partial charge is 0.293 e. The van der Waals surface area contributed by atoms with E-state index in [9.17, 15) is 40.2 Å². The van der Waals surface area contributed by atoms with Gasteiger partial charge in [-0.15, -0.1) is 0 Å². The van der Waals surface area contributed by atoms with Crippen molar-refractivity contribution in [3.05, 3.63) is 0 Å². The second-order valence-corrected chi connectivity index (χ2v) is 7.68. The highest BCUT2D eigenvalue weighted by Gasteiger charge is 2.52. The third-order valence-corrected chi connectivity index (χ3v) is 5.28. The minimum Gasteiger partial charge on any atom is -0.456 e. The Balaban J connectivity index is 2.06. The average molecular weight is 499 g/mol. The Morgan fingerprint density at radius 2 is 1.47 bits per heavy atom. The number of carbonyl (C=O) groups excluding carboxylic acids is 2. The van der Waals surface area contributed by atoms with Crippen LogP contribution in [0.1, 0.15) is 6.92 Å². The van der Waals surface area contributed by atoms with Crippen molar-refractivity contribution in [2.24, 2.45) is 0 Å². The molecule has 1 amide bonds. The van der Waals surface area contributed by atoms with E-state index in [2.05, 4.69) is 5.32 Å². The van der Waals surface area contributed by atoms with Crippen LogP contribution in [0.15, 0.2) is 0 Å². The molecule has 15 heteroatoms. The standard InChI is InChI=1S/C19H33NO14/c1-9(24)20-2-3-29-4-5-30-18-17(15(28)13(26)10(6-21)32-18)34-19-16(31-8-23)14(27)12(25)11(7-22)33-19/h8,10-19,21-22,25-28H,2-7H2,1H3,(H,20,24)/t10-,11+,12+,13+,14-,15-,16-,17-,18?,19+/m0/s1. The number of aliphatic hydroxyl groups excluding tert-OH is 6. The van der Waals surface area contributed by atoms with Gasteiger partial charge in [-0.2, -0.15) is 0 Å². The summed E-state index contributed by atoms with van der Waals surface area (Å²) in [4.78, 5) is 21.7. The summed E-state index contributed by atoms with van der Waals surface area (Å²) in [5, 5.41) is 62.5. The topological polar surface area (TPSA) is 223 Å². The third kappa shape index (κ3) is 7.50. The molecule has 0 aliphatic carbocycles. The first kappa shape index (κ1) is 28.7. The van der Waals surface area contributed by atoms with Crippen molar-refractivity contribution in [2.75, 3.05) is 39.6 Å². The first-order valence-corrected chi connectivity index (χ1v) is 10.7. The summed E-state index contributed by atoms with van der Waals surface area (Å²) in [6.45, 7) is 0.483. The van der Waals surface area contributed by atoms with E-state index in [4.69, 9.17) is 28.4 Å². The molecule has 2 fully saturated rings. The van der Waals surface area contributed by atoms with Gasteiger partial charge in [-0.05, 0) is 0 Å². The highest BCUT2D eigenvalue weighted by Crippen LogP contribution is 2.30. The van der Waals surface area contributed by atoms with Gasteiger partial charge in [0.2, 0.25) is 5.91 Å². The fourth-order valence-corrected chi connectivity index (χ4v) is 3.49. The second kappa shape index (κ2) is 14.2. The predicted molar refractivity (Wildman–Crippen MR) is 107 cm³/mol. The molecule has 2 saturated heterocycles. The summed E-state index contributed by atoms with van der Waals surface area (Å²) in [5.74, 6) is -0.207. The highest BCUT2D eigenvalue weighted by molar-refractivity contribution is 5.72. The molecule has 2 heterocycles. The van der Waals surface area contributed by atoms with Crippen molar-refractivity contribution in [1.82, 2.24) is 5.32 Å². The van der Waals surface area contributed by atoms with Gasteiger partial charge in [0.1, 0.15) is 42.7 Å². The molecule has 2 rings (SSSR count). The van der Waals surface area contributed by atoms with E-state index in [-0.39, 0.29) is 38.7 Å². The van der Waals surface area contributed by atoms with Crippen molar-refractivity contribution in [2.45, 2.75) is 68.3 Å². The zero-order chi connectivity index (χ0) is 25.3. The van der Waals surface area contributed by atoms with Crippen LogP contribution in [0.3, 0.4) is 0 Å². The van der Waals surface area contributed by atoms with Crippen LogP contribution in [-0.2, 0) is 38.0 Å². The number of hydrogen-bond acceptors (Lipinski definition) is 14. The summed E-state index contributed by atoms with van der Waals surface area (Å²) in [7, 11) is 0. The lowest BCUT2D eigenvalue weighted by molar-refractivity contribution is -0.367. The van der Waals surface area contributed by atoms with E-state index >= 15 is 0 Å². The van der Waals surface area contributed by atoms with Gasteiger partial charge < -0.3 is 64.4 Å². The lowest BCUT2D eigenvalue weighted by atomic mass is 9.97. The van der Waals surface area contributed by atoms with Crippen LogP contribution >= 0.6 is 0 Å². The number of nitrogens with one attached hydrogen (secondary N) is 1. The SMILES string of the molecule is CC(=O)NCCOCCOC1O[C@@H](CO)[C@@H](O)[C@H](O)[C@@H]1O[C@H]1O[C@H](CO)[C@@H](O)[C@H](O)[C@@H]1OC=O. The lowest BCUT2D eigenvalue weighted by Gasteiger charge is -2.46. The van der Waals surface area contributed by atoms with Gasteiger partial charge >= 0.3 is 0 Å². The van der Waals surface area contributed by atoms with E-state index in [1.54, 1.807) is 0 Å². The molecule has 0 saturated carbocycles. The number of rotatable bonds is 13. The highest BCUT2D eigenvalue weighted by atomic mass is 16.8. The van der Waals surface area contributed by atoms with E-state index < -0.39 is 74.6 Å². The van der Waals surface area contributed by atoms with Gasteiger partial charge in [-0.25, -0.2) is 0 Å². The molecule has 2 aliphatic heterocycles. The Morgan fingerprint density at radius 1 is 0.882 bits per heavy atom. The molecule has 0 aromatic rings. The molecular formula is C19H33NO14. The van der Waals surface area contributed by atoms with Crippen LogP contribution in [0, 0.1) is 0 Å². The Bertz CT molecular complexity index is 626. The van der Waals surface area contributed by atoms with Crippen molar-refractivity contribution >= 4 is 12.4 Å². The zero-order valence-corrected chi connectivity index (χ0v) is 18.5. The number of amides is 1. The Kier molecular flexibility index (Phi) is 12.0. The van der Waals surface area contributed by atoms with Crippen LogP contribution in [0.25, 0.3) is 0 Å². The summed E-state index contributed by atoms with van der Waals surface area (Å²) >= 11 is 0. The van der Waals surface area contributed by atoms with Crippen LogP contribution in [0.5, 0.6) is 0 Å². The van der Waals surface area contributed by atoms with Crippen LogP contribution in [0.4, 0.5) is 0 Å². The molecule has 1 unspecified atom stereocenters. The van der Waals surface area contributed by atoms with Gasteiger partial charge in [0.05, 0.1) is 33.0 Å². The van der Waals surface area contributed by atoms with Gasteiger partial charge in [0, 0.05) is 13.5 Å². The van der Waals surface area contributed by atoms with Crippen LogP contribution in [-0.4, -0.2) is 144 Å².